The first-order valence-electron chi connectivity index (χ1n) is 8.07. The van der Waals surface area contributed by atoms with E-state index in [-0.39, 0.29) is 29.7 Å². The van der Waals surface area contributed by atoms with Crippen LogP contribution in [0.5, 0.6) is 0 Å². The second kappa shape index (κ2) is 6.38. The van der Waals surface area contributed by atoms with Crippen molar-refractivity contribution in [2.75, 3.05) is 11.2 Å². The lowest BCUT2D eigenvalue weighted by Crippen LogP contribution is -2.20. The number of rotatable bonds is 6. The van der Waals surface area contributed by atoms with Crippen molar-refractivity contribution >= 4 is 31.6 Å². The highest BCUT2D eigenvalue weighted by Crippen LogP contribution is 3.02. The molecule has 0 radical (unpaired) electrons. The molecule has 2 aromatic heterocycles. The van der Waals surface area contributed by atoms with E-state index in [0.717, 1.165) is 24.9 Å². The van der Waals surface area contributed by atoms with Crippen LogP contribution in [0.15, 0.2) is 57.6 Å². The zero-order valence-electron chi connectivity index (χ0n) is 15.5. The third-order valence-corrected chi connectivity index (χ3v) is 5.94. The maximum Gasteiger partial charge on any atom is 0.310 e. The summed E-state index contributed by atoms with van der Waals surface area (Å²) in [7, 11) is -13.6. The molecule has 0 unspecified atom stereocenters. The van der Waals surface area contributed by atoms with Crippen molar-refractivity contribution in [1.82, 2.24) is 15.0 Å². The van der Waals surface area contributed by atoms with Crippen molar-refractivity contribution in [2.24, 2.45) is 0 Å². The van der Waals surface area contributed by atoms with Crippen LogP contribution in [-0.4, -0.2) is 29.6 Å². The summed E-state index contributed by atoms with van der Waals surface area (Å²) in [5, 5.41) is -0.508. The molecule has 0 saturated heterocycles. The first-order chi connectivity index (χ1) is 13.5. The third kappa shape index (κ3) is 4.87. The Hall–Kier alpha value is -2.74. The van der Waals surface area contributed by atoms with Crippen molar-refractivity contribution in [3.8, 4) is 0 Å². The van der Waals surface area contributed by atoms with Crippen LogP contribution in [0.4, 0.5) is 30.9 Å². The summed E-state index contributed by atoms with van der Waals surface area (Å²) in [6.07, 6.45) is 4.44. The molecule has 0 fully saturated rings. The number of hydrogen-bond acceptors (Lipinski definition) is 7. The van der Waals surface area contributed by atoms with Gasteiger partial charge in [-0.2, -0.15) is 0 Å². The lowest BCUT2D eigenvalue weighted by Gasteiger charge is -2.41. The molecular formula is C16H15F5N4O3S2. The predicted octanol–water partition coefficient (Wildman–Crippen LogP) is 5.17. The second-order valence-electron chi connectivity index (χ2n) is 6.45. The maximum atomic E-state index is 13.1. The van der Waals surface area contributed by atoms with Gasteiger partial charge in [0.1, 0.15) is 17.0 Å². The van der Waals surface area contributed by atoms with E-state index in [9.17, 15) is 27.8 Å². The minimum Gasteiger partial charge on any atom is -0.451 e. The van der Waals surface area contributed by atoms with E-state index in [1.54, 1.807) is 0 Å². The van der Waals surface area contributed by atoms with Crippen LogP contribution < -0.4 is 4.90 Å². The molecule has 0 atom stereocenters. The summed E-state index contributed by atoms with van der Waals surface area (Å²) < 4.78 is 94.2. The summed E-state index contributed by atoms with van der Waals surface area (Å²) >= 11 is 0. The van der Waals surface area contributed by atoms with Gasteiger partial charge < -0.3 is 9.32 Å². The Morgan fingerprint density at radius 2 is 1.80 bits per heavy atom. The number of aryl methyl sites for hydroxylation is 1. The van der Waals surface area contributed by atoms with Gasteiger partial charge in [-0.3, -0.25) is 0 Å². The van der Waals surface area contributed by atoms with E-state index in [0.29, 0.717) is 11.8 Å². The minimum atomic E-state index is -9.87. The molecule has 0 aliphatic carbocycles. The van der Waals surface area contributed by atoms with Crippen molar-refractivity contribution in [3.63, 3.8) is 0 Å². The molecule has 0 aliphatic rings. The Balaban J connectivity index is 2.15. The average Bonchev–Trinajstić information content (AvgIpc) is 3.10. The fourth-order valence-corrected chi connectivity index (χ4v) is 3.84. The number of anilines is 2. The van der Waals surface area contributed by atoms with Gasteiger partial charge >= 0.3 is 10.2 Å². The molecule has 0 bridgehead atoms. The van der Waals surface area contributed by atoms with Gasteiger partial charge in [0, 0.05) is 18.1 Å². The maximum absolute atomic E-state index is 13.1. The highest BCUT2D eigenvalue weighted by Gasteiger charge is 2.65. The van der Waals surface area contributed by atoms with Gasteiger partial charge in [0.2, 0.25) is 15.0 Å². The molecule has 0 amide bonds. The molecule has 0 aliphatic heterocycles. The van der Waals surface area contributed by atoms with Gasteiger partial charge in [-0.15, -0.1) is 0 Å². The number of hydrogen-bond donors (Lipinski definition) is 0. The fraction of sp³-hybridized carbons (Fsp3) is 0.188. The van der Waals surface area contributed by atoms with E-state index < -0.39 is 30.1 Å². The van der Waals surface area contributed by atoms with Crippen molar-refractivity contribution in [1.29, 1.82) is 0 Å². The Kier molecular flexibility index (Phi) is 4.67. The lowest BCUT2D eigenvalue weighted by atomic mass is 10.1. The molecule has 0 saturated carbocycles. The quantitative estimate of drug-likeness (QED) is 0.363. The summed E-state index contributed by atoms with van der Waals surface area (Å²) in [6.45, 7) is 1.13. The van der Waals surface area contributed by atoms with E-state index in [1.807, 2.05) is 0 Å². The van der Waals surface area contributed by atoms with Crippen LogP contribution in [0, 0.1) is 6.92 Å². The summed E-state index contributed by atoms with van der Waals surface area (Å²) in [5.74, 6) is 0.0108. The van der Waals surface area contributed by atoms with Gasteiger partial charge in [-0.05, 0) is 36.8 Å². The standard InChI is InChI=1S/C16H15F5N4O3S2/c1-11-7-13(30(17,18,19,20)21)3-4-14(11)25(8-12-9-28-10-23-12)15-5-6-22-16(24-15)29(2,26)27/h3-7,9-10H,8H2,1-2H3. The van der Waals surface area contributed by atoms with Gasteiger partial charge in [0.25, 0.3) is 0 Å². The number of halogens is 5. The van der Waals surface area contributed by atoms with Crippen molar-refractivity contribution in [2.45, 2.75) is 23.5 Å². The van der Waals surface area contributed by atoms with Crippen molar-refractivity contribution < 1.29 is 32.3 Å². The summed E-state index contributed by atoms with van der Waals surface area (Å²) in [5.41, 5.74) is 0.288. The molecular weight excluding hydrogens is 455 g/mol. The van der Waals surface area contributed by atoms with Gasteiger partial charge in [-0.1, -0.05) is 19.4 Å². The first-order valence-corrected chi connectivity index (χ1v) is 11.9. The monoisotopic (exact) mass is 470 g/mol. The zero-order chi connectivity index (χ0) is 22.4. The van der Waals surface area contributed by atoms with Crippen LogP contribution in [0.1, 0.15) is 11.3 Å². The molecule has 7 nitrogen and oxygen atoms in total. The van der Waals surface area contributed by atoms with Gasteiger partial charge in [0.05, 0.1) is 12.2 Å². The van der Waals surface area contributed by atoms with Crippen LogP contribution >= 0.6 is 10.2 Å². The molecule has 3 aromatic rings. The normalized spacial score (nSPS) is 14.8. The second-order valence-corrected chi connectivity index (χ2v) is 10.8. The summed E-state index contributed by atoms with van der Waals surface area (Å²) in [4.78, 5) is 10.8. The van der Waals surface area contributed by atoms with Crippen LogP contribution in [0.3, 0.4) is 0 Å². The molecule has 164 valence electrons. The number of nitrogens with zero attached hydrogens (tertiary/aromatic N) is 4. The molecule has 3 rings (SSSR count). The predicted molar refractivity (Wildman–Crippen MR) is 100 cm³/mol. The number of oxazole rings is 1. The Bertz CT molecular complexity index is 1200. The smallest absolute Gasteiger partial charge is 0.310 e. The Morgan fingerprint density at radius 1 is 1.10 bits per heavy atom. The van der Waals surface area contributed by atoms with Crippen LogP contribution in [-0.2, 0) is 16.4 Å². The first kappa shape index (κ1) is 22.0. The highest BCUT2D eigenvalue weighted by atomic mass is 32.5. The molecule has 2 heterocycles. The van der Waals surface area contributed by atoms with E-state index >= 15 is 0 Å². The lowest BCUT2D eigenvalue weighted by molar-refractivity contribution is 0.364. The summed E-state index contributed by atoms with van der Waals surface area (Å²) in [6, 6.07) is 2.81. The molecule has 0 N–H and O–H groups in total. The van der Waals surface area contributed by atoms with Gasteiger partial charge in [0.15, 0.2) is 6.39 Å². The average molecular weight is 470 g/mol. The van der Waals surface area contributed by atoms with Gasteiger partial charge in [-0.25, -0.2) is 23.4 Å². The molecule has 0 spiro atoms. The number of sulfone groups is 1. The third-order valence-electron chi connectivity index (χ3n) is 3.94. The zero-order valence-corrected chi connectivity index (χ0v) is 17.1. The SMILES string of the molecule is Cc1cc(S(F)(F)(F)(F)F)ccc1N(Cc1cocn1)c1ccnc(S(C)(=O)=O)n1. The molecule has 30 heavy (non-hydrogen) atoms. The Labute approximate surface area is 168 Å². The Morgan fingerprint density at radius 3 is 2.33 bits per heavy atom. The molecule has 1 aromatic carbocycles. The number of benzene rings is 1. The van der Waals surface area contributed by atoms with Crippen LogP contribution in [0.2, 0.25) is 0 Å². The van der Waals surface area contributed by atoms with Crippen molar-refractivity contribution in [3.05, 3.63) is 54.4 Å². The van der Waals surface area contributed by atoms with E-state index in [2.05, 4.69) is 15.0 Å². The fourth-order valence-electron chi connectivity index (χ4n) is 2.60. The minimum absolute atomic E-state index is 0.0108. The van der Waals surface area contributed by atoms with E-state index in [4.69, 9.17) is 4.42 Å². The highest BCUT2D eigenvalue weighted by molar-refractivity contribution is 8.45. The van der Waals surface area contributed by atoms with E-state index in [1.165, 1.54) is 24.2 Å². The topological polar surface area (TPSA) is 89.2 Å². The number of aromatic nitrogens is 3. The largest absolute Gasteiger partial charge is 0.451 e. The molecule has 14 heteroatoms. The van der Waals surface area contributed by atoms with Crippen LogP contribution in [0.25, 0.3) is 0 Å².